The monoisotopic (exact) mass is 278 g/mol. The minimum atomic E-state index is -0.769. The summed E-state index contributed by atoms with van der Waals surface area (Å²) < 4.78 is 14.0. The van der Waals surface area contributed by atoms with Crippen LogP contribution >= 0.6 is 0 Å². The highest BCUT2D eigenvalue weighted by atomic mass is 19.1. The highest BCUT2D eigenvalue weighted by Crippen LogP contribution is 2.31. The van der Waals surface area contributed by atoms with Crippen molar-refractivity contribution in [3.05, 3.63) is 29.6 Å². The molecule has 20 heavy (non-hydrogen) atoms. The summed E-state index contributed by atoms with van der Waals surface area (Å²) in [6.07, 6.45) is 2.83. The molecule has 1 aromatic carbocycles. The van der Waals surface area contributed by atoms with Gasteiger partial charge in [-0.25, -0.2) is 4.39 Å². The average molecular weight is 278 g/mol. The molecule has 2 aliphatic rings. The summed E-state index contributed by atoms with van der Waals surface area (Å²) in [6, 6.07) is 5.71. The van der Waals surface area contributed by atoms with Crippen LogP contribution in [0.4, 0.5) is 10.1 Å². The molecule has 3 nitrogen and oxygen atoms in total. The van der Waals surface area contributed by atoms with E-state index in [1.807, 2.05) is 6.07 Å². The van der Waals surface area contributed by atoms with Gasteiger partial charge in [0.1, 0.15) is 5.82 Å². The average Bonchev–Trinajstić information content (AvgIpc) is 2.75. The van der Waals surface area contributed by atoms with Crippen LogP contribution in [-0.2, 0) is 0 Å². The van der Waals surface area contributed by atoms with E-state index in [2.05, 4.69) is 9.80 Å². The van der Waals surface area contributed by atoms with Crippen molar-refractivity contribution in [2.75, 3.05) is 31.1 Å². The Morgan fingerprint density at radius 1 is 1.25 bits per heavy atom. The van der Waals surface area contributed by atoms with E-state index in [-0.39, 0.29) is 5.82 Å². The number of anilines is 1. The van der Waals surface area contributed by atoms with Gasteiger partial charge in [0.2, 0.25) is 0 Å². The third-order valence-electron chi connectivity index (χ3n) is 4.59. The van der Waals surface area contributed by atoms with Crippen LogP contribution in [0.25, 0.3) is 0 Å². The topological polar surface area (TPSA) is 26.7 Å². The lowest BCUT2D eigenvalue weighted by molar-refractivity contribution is 0.194. The molecule has 2 fully saturated rings. The van der Waals surface area contributed by atoms with E-state index in [9.17, 15) is 9.50 Å². The molecule has 1 unspecified atom stereocenters. The molecular formula is C16H23FN2O. The molecule has 0 saturated carbocycles. The molecule has 0 spiro atoms. The third kappa shape index (κ3) is 2.54. The molecule has 1 aromatic rings. The second kappa shape index (κ2) is 5.70. The Kier molecular flexibility index (Phi) is 3.94. The first-order chi connectivity index (χ1) is 9.66. The van der Waals surface area contributed by atoms with Gasteiger partial charge >= 0.3 is 0 Å². The van der Waals surface area contributed by atoms with Crippen molar-refractivity contribution >= 4 is 5.69 Å². The van der Waals surface area contributed by atoms with E-state index in [1.165, 1.54) is 25.5 Å². The second-order valence-electron chi connectivity index (χ2n) is 5.98. The number of nitrogens with zero attached hydrogens (tertiary/aromatic N) is 2. The zero-order valence-electron chi connectivity index (χ0n) is 12.1. The first-order valence-electron chi connectivity index (χ1n) is 7.62. The molecule has 0 amide bonds. The maximum atomic E-state index is 14.0. The van der Waals surface area contributed by atoms with Gasteiger partial charge < -0.3 is 10.0 Å². The Balaban J connectivity index is 1.90. The number of hydrogen-bond acceptors (Lipinski definition) is 3. The van der Waals surface area contributed by atoms with Crippen LogP contribution in [0.3, 0.4) is 0 Å². The highest BCUT2D eigenvalue weighted by molar-refractivity contribution is 5.55. The van der Waals surface area contributed by atoms with E-state index in [0.717, 1.165) is 31.7 Å². The van der Waals surface area contributed by atoms with E-state index in [4.69, 9.17) is 0 Å². The SMILES string of the molecule is C[C@H](O)c1c(F)cccc1N1CCCN2CCCC2C1. The number of benzene rings is 1. The molecule has 1 N–H and O–H groups in total. The summed E-state index contributed by atoms with van der Waals surface area (Å²) in [6.45, 7) is 5.87. The number of aliphatic hydroxyl groups excluding tert-OH is 1. The fourth-order valence-electron chi connectivity index (χ4n) is 3.64. The number of aliphatic hydroxyl groups is 1. The van der Waals surface area contributed by atoms with Gasteiger partial charge in [-0.1, -0.05) is 6.07 Å². The number of rotatable bonds is 2. The molecule has 0 aliphatic carbocycles. The van der Waals surface area contributed by atoms with Gasteiger partial charge in [-0.3, -0.25) is 4.90 Å². The first kappa shape index (κ1) is 13.8. The zero-order chi connectivity index (χ0) is 14.1. The third-order valence-corrected chi connectivity index (χ3v) is 4.59. The van der Waals surface area contributed by atoms with E-state index >= 15 is 0 Å². The van der Waals surface area contributed by atoms with Crippen LogP contribution in [0.1, 0.15) is 37.9 Å². The maximum absolute atomic E-state index is 14.0. The van der Waals surface area contributed by atoms with E-state index < -0.39 is 6.10 Å². The molecule has 0 aromatic heterocycles. The van der Waals surface area contributed by atoms with Gasteiger partial charge in [-0.2, -0.15) is 0 Å². The molecule has 2 aliphatic heterocycles. The fourth-order valence-corrected chi connectivity index (χ4v) is 3.64. The standard InChI is InChI=1S/C16H23FN2O/c1-12(20)16-14(17)6-2-7-15(16)19-10-4-9-18-8-3-5-13(18)11-19/h2,6-7,12-13,20H,3-5,8-11H2,1H3/t12-,13?/m0/s1. The van der Waals surface area contributed by atoms with Crippen LogP contribution < -0.4 is 4.90 Å². The Morgan fingerprint density at radius 3 is 2.85 bits per heavy atom. The van der Waals surface area contributed by atoms with Gasteiger partial charge in [0.05, 0.1) is 6.10 Å². The predicted octanol–water partition coefficient (Wildman–Crippen LogP) is 2.55. The summed E-state index contributed by atoms with van der Waals surface area (Å²) in [5.74, 6) is -0.301. The largest absolute Gasteiger partial charge is 0.389 e. The fraction of sp³-hybridized carbons (Fsp3) is 0.625. The predicted molar refractivity (Wildman–Crippen MR) is 78.5 cm³/mol. The number of hydrogen-bond donors (Lipinski definition) is 1. The summed E-state index contributed by atoms with van der Waals surface area (Å²) in [5.41, 5.74) is 1.31. The molecule has 2 saturated heterocycles. The van der Waals surface area contributed by atoms with Crippen LogP contribution in [-0.4, -0.2) is 42.2 Å². The van der Waals surface area contributed by atoms with Crippen LogP contribution in [0.5, 0.6) is 0 Å². The summed E-state index contributed by atoms with van der Waals surface area (Å²) in [4.78, 5) is 4.82. The molecule has 3 rings (SSSR count). The van der Waals surface area contributed by atoms with Gasteiger partial charge in [0, 0.05) is 36.9 Å². The second-order valence-corrected chi connectivity index (χ2v) is 5.98. The molecule has 0 bridgehead atoms. The van der Waals surface area contributed by atoms with E-state index in [1.54, 1.807) is 13.0 Å². The van der Waals surface area contributed by atoms with Crippen molar-refractivity contribution in [2.24, 2.45) is 0 Å². The van der Waals surface area contributed by atoms with Crippen molar-refractivity contribution in [3.8, 4) is 0 Å². The van der Waals surface area contributed by atoms with Gasteiger partial charge in [0.25, 0.3) is 0 Å². The van der Waals surface area contributed by atoms with Crippen molar-refractivity contribution in [1.82, 2.24) is 4.90 Å². The molecule has 2 heterocycles. The summed E-state index contributed by atoms with van der Waals surface area (Å²) in [7, 11) is 0. The maximum Gasteiger partial charge on any atom is 0.131 e. The summed E-state index contributed by atoms with van der Waals surface area (Å²) >= 11 is 0. The lowest BCUT2D eigenvalue weighted by Crippen LogP contribution is -2.37. The quantitative estimate of drug-likeness (QED) is 0.900. The van der Waals surface area contributed by atoms with Gasteiger partial charge in [-0.05, 0) is 44.9 Å². The molecule has 0 radical (unpaired) electrons. The van der Waals surface area contributed by atoms with Crippen molar-refractivity contribution < 1.29 is 9.50 Å². The summed E-state index contributed by atoms with van der Waals surface area (Å²) in [5, 5.41) is 9.90. The molecular weight excluding hydrogens is 255 g/mol. The number of halogens is 1. The van der Waals surface area contributed by atoms with Gasteiger partial charge in [-0.15, -0.1) is 0 Å². The number of fused-ring (bicyclic) bond motifs is 1. The lowest BCUT2D eigenvalue weighted by Gasteiger charge is -2.29. The molecule has 110 valence electrons. The van der Waals surface area contributed by atoms with Crippen LogP contribution in [0.15, 0.2) is 18.2 Å². The van der Waals surface area contributed by atoms with E-state index in [0.29, 0.717) is 11.6 Å². The Hall–Kier alpha value is -1.13. The minimum absolute atomic E-state index is 0.301. The zero-order valence-corrected chi connectivity index (χ0v) is 12.1. The Morgan fingerprint density at radius 2 is 2.05 bits per heavy atom. The normalized spacial score (nSPS) is 25.4. The minimum Gasteiger partial charge on any atom is -0.389 e. The van der Waals surface area contributed by atoms with Crippen molar-refractivity contribution in [1.29, 1.82) is 0 Å². The van der Waals surface area contributed by atoms with Crippen molar-refractivity contribution in [2.45, 2.75) is 38.3 Å². The van der Waals surface area contributed by atoms with Crippen LogP contribution in [0, 0.1) is 5.82 Å². The van der Waals surface area contributed by atoms with Gasteiger partial charge in [0.15, 0.2) is 0 Å². The van der Waals surface area contributed by atoms with Crippen LogP contribution in [0.2, 0.25) is 0 Å². The van der Waals surface area contributed by atoms with Crippen molar-refractivity contribution in [3.63, 3.8) is 0 Å². The highest BCUT2D eigenvalue weighted by Gasteiger charge is 2.30. The molecule has 4 heteroatoms. The smallest absolute Gasteiger partial charge is 0.131 e. The molecule has 2 atom stereocenters. The lowest BCUT2D eigenvalue weighted by atomic mass is 10.1. The Bertz CT molecular complexity index is 478. The Labute approximate surface area is 120 Å². The first-order valence-corrected chi connectivity index (χ1v) is 7.62.